The molecule has 0 unspecified atom stereocenters. The fourth-order valence-corrected chi connectivity index (χ4v) is 4.82. The van der Waals surface area contributed by atoms with E-state index in [1.165, 1.54) is 19.3 Å². The van der Waals surface area contributed by atoms with Crippen LogP contribution < -0.4 is 10.1 Å². The van der Waals surface area contributed by atoms with Gasteiger partial charge in [0.25, 0.3) is 5.91 Å². The van der Waals surface area contributed by atoms with E-state index in [1.807, 2.05) is 24.3 Å². The minimum Gasteiger partial charge on any atom is -0.490 e. The van der Waals surface area contributed by atoms with Gasteiger partial charge in [-0.15, -0.1) is 0 Å². The molecule has 1 aromatic rings. The van der Waals surface area contributed by atoms with Crippen LogP contribution in [0.25, 0.3) is 0 Å². The fourth-order valence-electron chi connectivity index (χ4n) is 4.82. The minimum absolute atomic E-state index is 0.0355. The molecule has 0 atom stereocenters. The highest BCUT2D eigenvalue weighted by Crippen LogP contribution is 2.28. The van der Waals surface area contributed by atoms with Gasteiger partial charge in [0, 0.05) is 49.9 Å². The number of hydrogen-bond acceptors (Lipinski definition) is 4. The van der Waals surface area contributed by atoms with Gasteiger partial charge < -0.3 is 19.9 Å². The molecule has 1 N–H and O–H groups in total. The summed E-state index contributed by atoms with van der Waals surface area (Å²) in [5.74, 6) is 0.919. The Labute approximate surface area is 175 Å². The molecule has 0 radical (unpaired) electrons. The molecule has 0 aromatic heterocycles. The van der Waals surface area contributed by atoms with Crippen LogP contribution >= 0.6 is 0 Å². The van der Waals surface area contributed by atoms with Gasteiger partial charge in [0.1, 0.15) is 11.9 Å². The maximum atomic E-state index is 12.6. The zero-order valence-corrected chi connectivity index (χ0v) is 18.1. The van der Waals surface area contributed by atoms with Crippen LogP contribution in [0, 0.1) is 0 Å². The lowest BCUT2D eigenvalue weighted by atomic mass is 9.90. The fraction of sp³-hybridized carbons (Fsp3) is 0.708. The van der Waals surface area contributed by atoms with Gasteiger partial charge >= 0.3 is 0 Å². The SMILES string of the molecule is CC(C)N1CCC(NC(=O)c2ccc(OC3CCN(C4CCC4)CC3)cc2)CC1. The highest BCUT2D eigenvalue weighted by Gasteiger charge is 2.29. The van der Waals surface area contributed by atoms with Crippen molar-refractivity contribution in [2.75, 3.05) is 26.2 Å². The predicted octanol–water partition coefficient (Wildman–Crippen LogP) is 3.68. The summed E-state index contributed by atoms with van der Waals surface area (Å²) in [4.78, 5) is 17.7. The molecule has 29 heavy (non-hydrogen) atoms. The first-order chi connectivity index (χ1) is 14.1. The Hall–Kier alpha value is -1.59. The van der Waals surface area contributed by atoms with E-state index < -0.39 is 0 Å². The molecule has 3 aliphatic rings. The summed E-state index contributed by atoms with van der Waals surface area (Å²) in [6.45, 7) is 8.92. The number of hydrogen-bond donors (Lipinski definition) is 1. The number of likely N-dealkylation sites (tertiary alicyclic amines) is 2. The zero-order chi connectivity index (χ0) is 20.2. The van der Waals surface area contributed by atoms with E-state index in [9.17, 15) is 4.79 Å². The van der Waals surface area contributed by atoms with E-state index in [0.717, 1.165) is 69.2 Å². The number of carbonyl (C=O) groups excluding carboxylic acids is 1. The van der Waals surface area contributed by atoms with Gasteiger partial charge in [-0.1, -0.05) is 6.42 Å². The van der Waals surface area contributed by atoms with Crippen molar-refractivity contribution < 1.29 is 9.53 Å². The molecule has 1 saturated carbocycles. The number of ether oxygens (including phenoxy) is 1. The number of carbonyl (C=O) groups is 1. The maximum Gasteiger partial charge on any atom is 0.251 e. The summed E-state index contributed by atoms with van der Waals surface area (Å²) in [6, 6.07) is 9.42. The molecule has 2 heterocycles. The van der Waals surface area contributed by atoms with E-state index in [1.54, 1.807) is 0 Å². The monoisotopic (exact) mass is 399 g/mol. The number of piperidine rings is 2. The smallest absolute Gasteiger partial charge is 0.251 e. The van der Waals surface area contributed by atoms with Crippen molar-refractivity contribution in [3.63, 3.8) is 0 Å². The Balaban J connectivity index is 1.21. The van der Waals surface area contributed by atoms with Gasteiger partial charge in [-0.3, -0.25) is 4.79 Å². The lowest BCUT2D eigenvalue weighted by Gasteiger charge is -2.41. The van der Waals surface area contributed by atoms with Gasteiger partial charge in [-0.05, 0) is 76.6 Å². The van der Waals surface area contributed by atoms with E-state index in [0.29, 0.717) is 12.1 Å². The van der Waals surface area contributed by atoms with Crippen molar-refractivity contribution in [1.29, 1.82) is 0 Å². The molecular weight excluding hydrogens is 362 g/mol. The molecule has 4 rings (SSSR count). The number of amides is 1. The highest BCUT2D eigenvalue weighted by atomic mass is 16.5. The van der Waals surface area contributed by atoms with Crippen molar-refractivity contribution in [2.45, 2.75) is 83.0 Å². The van der Waals surface area contributed by atoms with Crippen molar-refractivity contribution >= 4 is 5.91 Å². The van der Waals surface area contributed by atoms with Crippen molar-refractivity contribution in [1.82, 2.24) is 15.1 Å². The number of nitrogens with one attached hydrogen (secondary N) is 1. The second kappa shape index (κ2) is 9.48. The largest absolute Gasteiger partial charge is 0.490 e. The molecule has 1 aliphatic carbocycles. The van der Waals surface area contributed by atoms with Crippen LogP contribution in [0.3, 0.4) is 0 Å². The average molecular weight is 400 g/mol. The Bertz CT molecular complexity index is 655. The summed E-state index contributed by atoms with van der Waals surface area (Å²) in [6.07, 6.45) is 8.74. The molecule has 1 amide bonds. The van der Waals surface area contributed by atoms with E-state index in [4.69, 9.17) is 4.74 Å². The van der Waals surface area contributed by atoms with Crippen molar-refractivity contribution in [2.24, 2.45) is 0 Å². The van der Waals surface area contributed by atoms with Gasteiger partial charge in [0.2, 0.25) is 0 Å². The zero-order valence-electron chi connectivity index (χ0n) is 18.1. The Morgan fingerprint density at radius 3 is 2.17 bits per heavy atom. The first kappa shape index (κ1) is 20.7. The third-order valence-corrected chi connectivity index (χ3v) is 7.08. The molecule has 160 valence electrons. The molecule has 5 heteroatoms. The topological polar surface area (TPSA) is 44.8 Å². The van der Waals surface area contributed by atoms with Gasteiger partial charge in [-0.25, -0.2) is 0 Å². The van der Waals surface area contributed by atoms with Crippen molar-refractivity contribution in [3.05, 3.63) is 29.8 Å². The first-order valence-electron chi connectivity index (χ1n) is 11.6. The predicted molar refractivity (Wildman–Crippen MR) is 117 cm³/mol. The summed E-state index contributed by atoms with van der Waals surface area (Å²) >= 11 is 0. The van der Waals surface area contributed by atoms with Crippen LogP contribution in [0.2, 0.25) is 0 Å². The highest BCUT2D eigenvalue weighted by molar-refractivity contribution is 5.94. The molecule has 0 bridgehead atoms. The van der Waals surface area contributed by atoms with Crippen LogP contribution in [0.4, 0.5) is 0 Å². The summed E-state index contributed by atoms with van der Waals surface area (Å²) < 4.78 is 6.19. The average Bonchev–Trinajstić information content (AvgIpc) is 2.69. The van der Waals surface area contributed by atoms with Crippen LogP contribution in [0.5, 0.6) is 5.75 Å². The van der Waals surface area contributed by atoms with E-state index in [2.05, 4.69) is 29.0 Å². The lowest BCUT2D eigenvalue weighted by molar-refractivity contribution is 0.0493. The molecule has 3 fully saturated rings. The van der Waals surface area contributed by atoms with Gasteiger partial charge in [0.15, 0.2) is 0 Å². The Morgan fingerprint density at radius 2 is 1.62 bits per heavy atom. The normalized spacial score (nSPS) is 23.1. The molecular formula is C24H37N3O2. The maximum absolute atomic E-state index is 12.6. The summed E-state index contributed by atoms with van der Waals surface area (Å²) in [5.41, 5.74) is 0.725. The number of nitrogens with zero attached hydrogens (tertiary/aromatic N) is 2. The second-order valence-corrected chi connectivity index (χ2v) is 9.34. The third kappa shape index (κ3) is 5.32. The van der Waals surface area contributed by atoms with Crippen LogP contribution in [0.1, 0.15) is 69.2 Å². The summed E-state index contributed by atoms with van der Waals surface area (Å²) in [7, 11) is 0. The molecule has 2 aliphatic heterocycles. The van der Waals surface area contributed by atoms with E-state index in [-0.39, 0.29) is 11.9 Å². The van der Waals surface area contributed by atoms with Crippen LogP contribution in [-0.2, 0) is 0 Å². The van der Waals surface area contributed by atoms with Crippen molar-refractivity contribution in [3.8, 4) is 5.75 Å². The van der Waals surface area contributed by atoms with Crippen LogP contribution in [-0.4, -0.2) is 66.1 Å². The number of benzene rings is 1. The minimum atomic E-state index is 0.0355. The van der Waals surface area contributed by atoms with Crippen LogP contribution in [0.15, 0.2) is 24.3 Å². The molecule has 1 aromatic carbocycles. The lowest BCUT2D eigenvalue weighted by Crippen LogP contribution is -2.46. The van der Waals surface area contributed by atoms with Gasteiger partial charge in [-0.2, -0.15) is 0 Å². The standard InChI is InChI=1S/C24H37N3O2/c1-18(2)26-14-10-20(11-15-26)25-24(28)19-6-8-22(9-7-19)29-23-12-16-27(17-13-23)21-4-3-5-21/h6-9,18,20-21,23H,3-5,10-17H2,1-2H3,(H,25,28). The Morgan fingerprint density at radius 1 is 0.966 bits per heavy atom. The third-order valence-electron chi connectivity index (χ3n) is 7.08. The summed E-state index contributed by atoms with van der Waals surface area (Å²) in [5, 5.41) is 3.21. The molecule has 0 spiro atoms. The van der Waals surface area contributed by atoms with Gasteiger partial charge in [0.05, 0.1) is 0 Å². The molecule has 2 saturated heterocycles. The second-order valence-electron chi connectivity index (χ2n) is 9.34. The number of rotatable bonds is 6. The first-order valence-corrected chi connectivity index (χ1v) is 11.6. The quantitative estimate of drug-likeness (QED) is 0.792. The Kier molecular flexibility index (Phi) is 6.76. The molecule has 5 nitrogen and oxygen atoms in total. The van der Waals surface area contributed by atoms with E-state index >= 15 is 0 Å².